The highest BCUT2D eigenvalue weighted by Gasteiger charge is 2.34. The Morgan fingerprint density at radius 3 is 2.50 bits per heavy atom. The monoisotopic (exact) mass is 255 g/mol. The van der Waals surface area contributed by atoms with Gasteiger partial charge in [-0.3, -0.25) is 9.59 Å². The molecule has 4 heteroatoms. The number of carboxylic acid groups (broad SMARTS) is 1. The Morgan fingerprint density at radius 1 is 1.33 bits per heavy atom. The van der Waals surface area contributed by atoms with Crippen molar-refractivity contribution >= 4 is 11.9 Å². The smallest absolute Gasteiger partial charge is 0.323 e. The molecule has 18 heavy (non-hydrogen) atoms. The van der Waals surface area contributed by atoms with E-state index in [0.29, 0.717) is 18.9 Å². The molecule has 1 saturated carbocycles. The maximum Gasteiger partial charge on any atom is 0.323 e. The second-order valence-electron chi connectivity index (χ2n) is 5.94. The molecule has 104 valence electrons. The molecule has 1 unspecified atom stereocenters. The number of nitrogens with zero attached hydrogens (tertiary/aromatic N) is 1. The number of amides is 1. The first-order valence-corrected chi connectivity index (χ1v) is 6.86. The maximum atomic E-state index is 12.1. The third-order valence-corrected chi connectivity index (χ3v) is 4.21. The van der Waals surface area contributed by atoms with Crippen molar-refractivity contribution < 1.29 is 14.7 Å². The van der Waals surface area contributed by atoms with Crippen LogP contribution in [0.3, 0.4) is 0 Å². The van der Waals surface area contributed by atoms with E-state index in [-0.39, 0.29) is 17.9 Å². The minimum atomic E-state index is -0.937. The normalized spacial score (nSPS) is 22.5. The van der Waals surface area contributed by atoms with Crippen LogP contribution in [0.25, 0.3) is 0 Å². The largest absolute Gasteiger partial charge is 0.480 e. The number of carbonyl (C=O) groups is 2. The van der Waals surface area contributed by atoms with Crippen LogP contribution in [-0.4, -0.2) is 35.0 Å². The lowest BCUT2D eigenvalue weighted by atomic mass is 9.67. The van der Waals surface area contributed by atoms with Crippen LogP contribution in [-0.2, 0) is 9.59 Å². The van der Waals surface area contributed by atoms with E-state index >= 15 is 0 Å². The number of hydrogen-bond donors (Lipinski definition) is 1. The Bertz CT molecular complexity index is 312. The Labute approximate surface area is 109 Å². The molecule has 1 N–H and O–H groups in total. The second-order valence-corrected chi connectivity index (χ2v) is 5.94. The quantitative estimate of drug-likeness (QED) is 0.821. The van der Waals surface area contributed by atoms with Gasteiger partial charge in [-0.05, 0) is 31.1 Å². The molecule has 0 aromatic rings. The molecule has 0 saturated heterocycles. The van der Waals surface area contributed by atoms with Gasteiger partial charge < -0.3 is 10.0 Å². The summed E-state index contributed by atoms with van der Waals surface area (Å²) in [6.07, 6.45) is 5.17. The first-order valence-electron chi connectivity index (χ1n) is 6.86. The number of rotatable bonds is 5. The van der Waals surface area contributed by atoms with Crippen molar-refractivity contribution in [3.8, 4) is 0 Å². The van der Waals surface area contributed by atoms with Crippen LogP contribution >= 0.6 is 0 Å². The summed E-state index contributed by atoms with van der Waals surface area (Å²) in [7, 11) is 0. The third-order valence-electron chi connectivity index (χ3n) is 4.21. The molecule has 0 spiro atoms. The molecule has 0 heterocycles. The standard InChI is InChI=1S/C14H25NO3/c1-4-15(10-13(17)18)12(16)9-11-7-5-6-8-14(11,2)3/h11H,4-10H2,1-3H3,(H,17,18). The first-order chi connectivity index (χ1) is 8.36. The van der Waals surface area contributed by atoms with Crippen molar-refractivity contribution in [2.24, 2.45) is 11.3 Å². The van der Waals surface area contributed by atoms with Crippen LogP contribution in [0.4, 0.5) is 0 Å². The predicted octanol–water partition coefficient (Wildman–Crippen LogP) is 2.53. The van der Waals surface area contributed by atoms with Gasteiger partial charge in [-0.2, -0.15) is 0 Å². The zero-order chi connectivity index (χ0) is 13.8. The summed E-state index contributed by atoms with van der Waals surface area (Å²) in [5.41, 5.74) is 0.205. The van der Waals surface area contributed by atoms with E-state index in [0.717, 1.165) is 12.8 Å². The van der Waals surface area contributed by atoms with E-state index in [4.69, 9.17) is 5.11 Å². The molecule has 1 rings (SSSR count). The number of likely N-dealkylation sites (N-methyl/N-ethyl adjacent to an activating group) is 1. The fraction of sp³-hybridized carbons (Fsp3) is 0.857. The molecule has 0 bridgehead atoms. The number of hydrogen-bond acceptors (Lipinski definition) is 2. The third kappa shape index (κ3) is 4.00. The molecule has 1 aliphatic rings. The lowest BCUT2D eigenvalue weighted by Gasteiger charge is -2.39. The molecular weight excluding hydrogens is 230 g/mol. The maximum absolute atomic E-state index is 12.1. The fourth-order valence-corrected chi connectivity index (χ4v) is 2.82. The van der Waals surface area contributed by atoms with E-state index in [2.05, 4.69) is 13.8 Å². The van der Waals surface area contributed by atoms with Crippen LogP contribution in [0.15, 0.2) is 0 Å². The molecule has 1 atom stereocenters. The zero-order valence-electron chi connectivity index (χ0n) is 11.7. The summed E-state index contributed by atoms with van der Waals surface area (Å²) < 4.78 is 0. The molecule has 0 aromatic carbocycles. The number of carboxylic acids is 1. The summed E-state index contributed by atoms with van der Waals surface area (Å²) in [6, 6.07) is 0. The minimum absolute atomic E-state index is 0.0140. The van der Waals surface area contributed by atoms with Crippen molar-refractivity contribution in [2.45, 2.75) is 52.9 Å². The molecule has 0 aromatic heterocycles. The van der Waals surface area contributed by atoms with Crippen LogP contribution in [0.2, 0.25) is 0 Å². The molecular formula is C14H25NO3. The molecule has 0 aliphatic heterocycles. The first kappa shape index (κ1) is 15.0. The van der Waals surface area contributed by atoms with Crippen LogP contribution in [0.1, 0.15) is 52.9 Å². The zero-order valence-corrected chi connectivity index (χ0v) is 11.7. The highest BCUT2D eigenvalue weighted by molar-refractivity contribution is 5.81. The summed E-state index contributed by atoms with van der Waals surface area (Å²) in [4.78, 5) is 24.3. The summed E-state index contributed by atoms with van der Waals surface area (Å²) in [5.74, 6) is -0.561. The molecule has 4 nitrogen and oxygen atoms in total. The summed E-state index contributed by atoms with van der Waals surface area (Å²) >= 11 is 0. The lowest BCUT2D eigenvalue weighted by Crippen LogP contribution is -2.39. The van der Waals surface area contributed by atoms with Crippen molar-refractivity contribution in [3.05, 3.63) is 0 Å². The van der Waals surface area contributed by atoms with E-state index in [1.165, 1.54) is 17.7 Å². The van der Waals surface area contributed by atoms with Crippen LogP contribution in [0, 0.1) is 11.3 Å². The van der Waals surface area contributed by atoms with Gasteiger partial charge in [0.05, 0.1) is 0 Å². The van der Waals surface area contributed by atoms with Gasteiger partial charge in [0.2, 0.25) is 5.91 Å². The SMILES string of the molecule is CCN(CC(=O)O)C(=O)CC1CCCCC1(C)C. The number of aliphatic carboxylic acids is 1. The van der Waals surface area contributed by atoms with Gasteiger partial charge in [0, 0.05) is 13.0 Å². The van der Waals surface area contributed by atoms with Gasteiger partial charge in [0.25, 0.3) is 0 Å². The molecule has 1 amide bonds. The number of carbonyl (C=O) groups excluding carboxylic acids is 1. The van der Waals surface area contributed by atoms with Crippen LogP contribution in [0.5, 0.6) is 0 Å². The molecule has 1 fully saturated rings. The van der Waals surface area contributed by atoms with Gasteiger partial charge in [0.15, 0.2) is 0 Å². The predicted molar refractivity (Wildman–Crippen MR) is 70.2 cm³/mol. The summed E-state index contributed by atoms with van der Waals surface area (Å²) in [5, 5.41) is 8.78. The van der Waals surface area contributed by atoms with E-state index in [1.54, 1.807) is 0 Å². The molecule has 0 radical (unpaired) electrons. The average molecular weight is 255 g/mol. The Kier molecular flexibility index (Phi) is 5.17. The fourth-order valence-electron chi connectivity index (χ4n) is 2.82. The van der Waals surface area contributed by atoms with Gasteiger partial charge >= 0.3 is 5.97 Å². The highest BCUT2D eigenvalue weighted by Crippen LogP contribution is 2.42. The lowest BCUT2D eigenvalue weighted by molar-refractivity contribution is -0.145. The molecule has 1 aliphatic carbocycles. The van der Waals surface area contributed by atoms with Crippen LogP contribution < -0.4 is 0 Å². The average Bonchev–Trinajstić information content (AvgIpc) is 2.28. The van der Waals surface area contributed by atoms with E-state index in [1.807, 2.05) is 6.92 Å². The highest BCUT2D eigenvalue weighted by atomic mass is 16.4. The topological polar surface area (TPSA) is 57.6 Å². The minimum Gasteiger partial charge on any atom is -0.480 e. The van der Waals surface area contributed by atoms with Crippen molar-refractivity contribution in [1.82, 2.24) is 4.90 Å². The van der Waals surface area contributed by atoms with Gasteiger partial charge in [-0.15, -0.1) is 0 Å². The Balaban J connectivity index is 2.59. The van der Waals surface area contributed by atoms with Crippen molar-refractivity contribution in [1.29, 1.82) is 0 Å². The van der Waals surface area contributed by atoms with Crippen molar-refractivity contribution in [3.63, 3.8) is 0 Å². The van der Waals surface area contributed by atoms with E-state index < -0.39 is 5.97 Å². The van der Waals surface area contributed by atoms with Gasteiger partial charge in [0.1, 0.15) is 6.54 Å². The Morgan fingerprint density at radius 2 is 2.00 bits per heavy atom. The Hall–Kier alpha value is -1.06. The van der Waals surface area contributed by atoms with Gasteiger partial charge in [-0.25, -0.2) is 0 Å². The second kappa shape index (κ2) is 6.21. The summed E-state index contributed by atoms with van der Waals surface area (Å²) in [6.45, 7) is 6.56. The van der Waals surface area contributed by atoms with E-state index in [9.17, 15) is 9.59 Å². The van der Waals surface area contributed by atoms with Gasteiger partial charge in [-0.1, -0.05) is 26.7 Å². The van der Waals surface area contributed by atoms with Crippen molar-refractivity contribution in [2.75, 3.05) is 13.1 Å².